The third kappa shape index (κ3) is 3.82. The molecule has 1 unspecified atom stereocenters. The van der Waals surface area contributed by atoms with Gasteiger partial charge in [0.05, 0.1) is 11.0 Å². The molecule has 1 saturated heterocycles. The number of rotatable bonds is 6. The highest BCUT2D eigenvalue weighted by molar-refractivity contribution is 5.76. The number of hydrogen-bond donors (Lipinski definition) is 3. The molecule has 0 spiro atoms. The highest BCUT2D eigenvalue weighted by atomic mass is 16.1. The molecule has 0 aliphatic carbocycles. The Morgan fingerprint density at radius 3 is 3.10 bits per heavy atom. The van der Waals surface area contributed by atoms with Crippen molar-refractivity contribution in [3.63, 3.8) is 0 Å². The zero-order valence-corrected chi connectivity index (χ0v) is 12.2. The summed E-state index contributed by atoms with van der Waals surface area (Å²) < 4.78 is 0. The number of carbonyl (C=O) groups excluding carboxylic acids is 1. The number of amides is 1. The third-order valence-electron chi connectivity index (χ3n) is 3.99. The Labute approximate surface area is 124 Å². The first-order chi connectivity index (χ1) is 10.3. The highest BCUT2D eigenvalue weighted by Gasteiger charge is 2.17. The van der Waals surface area contributed by atoms with Crippen LogP contribution in [0.5, 0.6) is 0 Å². The Bertz CT molecular complexity index is 568. The number of benzene rings is 1. The molecule has 1 aliphatic heterocycles. The van der Waals surface area contributed by atoms with E-state index in [1.807, 2.05) is 24.3 Å². The summed E-state index contributed by atoms with van der Waals surface area (Å²) >= 11 is 0. The van der Waals surface area contributed by atoms with Crippen LogP contribution in [0.2, 0.25) is 0 Å². The molecule has 1 amide bonds. The van der Waals surface area contributed by atoms with Crippen molar-refractivity contribution in [1.82, 2.24) is 20.6 Å². The first-order valence-electron chi connectivity index (χ1n) is 7.72. The number of aryl methyl sites for hydroxylation is 1. The second kappa shape index (κ2) is 6.72. The van der Waals surface area contributed by atoms with Gasteiger partial charge in [-0.2, -0.15) is 0 Å². The third-order valence-corrected chi connectivity index (χ3v) is 3.99. The smallest absolute Gasteiger partial charge is 0.220 e. The Morgan fingerprint density at radius 1 is 1.38 bits per heavy atom. The normalized spacial score (nSPS) is 18.2. The van der Waals surface area contributed by atoms with Gasteiger partial charge in [0.1, 0.15) is 5.82 Å². The molecular formula is C16H22N4O. The van der Waals surface area contributed by atoms with E-state index in [9.17, 15) is 4.79 Å². The quantitative estimate of drug-likeness (QED) is 0.707. The van der Waals surface area contributed by atoms with E-state index in [0.29, 0.717) is 12.3 Å². The van der Waals surface area contributed by atoms with E-state index < -0.39 is 0 Å². The van der Waals surface area contributed by atoms with Crippen molar-refractivity contribution in [2.24, 2.45) is 5.92 Å². The molecule has 0 radical (unpaired) electrons. The van der Waals surface area contributed by atoms with E-state index in [-0.39, 0.29) is 5.91 Å². The molecule has 1 fully saturated rings. The van der Waals surface area contributed by atoms with Gasteiger partial charge in [0.15, 0.2) is 0 Å². The van der Waals surface area contributed by atoms with Crippen molar-refractivity contribution in [3.8, 4) is 0 Å². The van der Waals surface area contributed by atoms with Gasteiger partial charge < -0.3 is 15.6 Å². The van der Waals surface area contributed by atoms with E-state index in [2.05, 4.69) is 20.6 Å². The summed E-state index contributed by atoms with van der Waals surface area (Å²) in [5.41, 5.74) is 2.08. The fourth-order valence-electron chi connectivity index (χ4n) is 2.83. The second-order valence-electron chi connectivity index (χ2n) is 5.72. The molecule has 5 heteroatoms. The minimum Gasteiger partial charge on any atom is -0.356 e. The van der Waals surface area contributed by atoms with Gasteiger partial charge in [0.25, 0.3) is 0 Å². The van der Waals surface area contributed by atoms with Gasteiger partial charge in [-0.25, -0.2) is 4.98 Å². The molecule has 1 aliphatic rings. The number of nitrogens with one attached hydrogen (secondary N) is 3. The van der Waals surface area contributed by atoms with Crippen molar-refractivity contribution in [2.75, 3.05) is 19.6 Å². The van der Waals surface area contributed by atoms with Crippen molar-refractivity contribution < 1.29 is 4.79 Å². The first kappa shape index (κ1) is 14.1. The Balaban J connectivity index is 1.38. The number of aromatic amines is 1. The Kier molecular flexibility index (Phi) is 4.50. The predicted molar refractivity (Wildman–Crippen MR) is 83.0 cm³/mol. The SMILES string of the molecule is O=C(CC1CCNC1)NCCCc1nc2ccccc2[nH]1. The van der Waals surface area contributed by atoms with Crippen molar-refractivity contribution in [3.05, 3.63) is 30.1 Å². The molecule has 21 heavy (non-hydrogen) atoms. The number of hydrogen-bond acceptors (Lipinski definition) is 3. The van der Waals surface area contributed by atoms with Crippen LogP contribution in [0.3, 0.4) is 0 Å². The van der Waals surface area contributed by atoms with Gasteiger partial charge in [-0.15, -0.1) is 0 Å². The van der Waals surface area contributed by atoms with Crippen molar-refractivity contribution in [1.29, 1.82) is 0 Å². The van der Waals surface area contributed by atoms with Crippen LogP contribution in [0.4, 0.5) is 0 Å². The molecule has 1 aromatic heterocycles. The molecule has 3 N–H and O–H groups in total. The van der Waals surface area contributed by atoms with Gasteiger partial charge in [0, 0.05) is 19.4 Å². The average molecular weight is 286 g/mol. The number of imidazole rings is 1. The van der Waals surface area contributed by atoms with E-state index in [0.717, 1.165) is 55.8 Å². The summed E-state index contributed by atoms with van der Waals surface area (Å²) in [7, 11) is 0. The summed E-state index contributed by atoms with van der Waals surface area (Å²) in [5.74, 6) is 1.68. The minimum absolute atomic E-state index is 0.174. The number of nitrogens with zero attached hydrogens (tertiary/aromatic N) is 1. The van der Waals surface area contributed by atoms with Gasteiger partial charge >= 0.3 is 0 Å². The molecule has 1 aromatic carbocycles. The molecule has 1 atom stereocenters. The van der Waals surface area contributed by atoms with Crippen LogP contribution in [0.1, 0.15) is 25.1 Å². The monoisotopic (exact) mass is 286 g/mol. The summed E-state index contributed by atoms with van der Waals surface area (Å²) in [6.07, 6.45) is 3.54. The predicted octanol–water partition coefficient (Wildman–Crippen LogP) is 1.61. The van der Waals surface area contributed by atoms with Crippen LogP contribution in [0.25, 0.3) is 11.0 Å². The van der Waals surface area contributed by atoms with Crippen LogP contribution < -0.4 is 10.6 Å². The average Bonchev–Trinajstić information content (AvgIpc) is 3.12. The van der Waals surface area contributed by atoms with E-state index in [1.54, 1.807) is 0 Å². The second-order valence-corrected chi connectivity index (χ2v) is 5.72. The summed E-state index contributed by atoms with van der Waals surface area (Å²) in [6.45, 7) is 2.74. The van der Waals surface area contributed by atoms with Crippen LogP contribution in [-0.2, 0) is 11.2 Å². The summed E-state index contributed by atoms with van der Waals surface area (Å²) in [4.78, 5) is 19.6. The lowest BCUT2D eigenvalue weighted by atomic mass is 10.0. The maximum Gasteiger partial charge on any atom is 0.220 e. The molecule has 3 rings (SSSR count). The lowest BCUT2D eigenvalue weighted by molar-refractivity contribution is -0.121. The number of fused-ring (bicyclic) bond motifs is 1. The molecular weight excluding hydrogens is 264 g/mol. The number of para-hydroxylation sites is 2. The van der Waals surface area contributed by atoms with Crippen LogP contribution >= 0.6 is 0 Å². The molecule has 5 nitrogen and oxygen atoms in total. The van der Waals surface area contributed by atoms with Crippen molar-refractivity contribution >= 4 is 16.9 Å². The lowest BCUT2D eigenvalue weighted by Crippen LogP contribution is -2.27. The fraction of sp³-hybridized carbons (Fsp3) is 0.500. The molecule has 0 saturated carbocycles. The maximum absolute atomic E-state index is 11.8. The fourth-order valence-corrected chi connectivity index (χ4v) is 2.83. The molecule has 112 valence electrons. The number of H-pyrrole nitrogens is 1. The van der Waals surface area contributed by atoms with Crippen molar-refractivity contribution in [2.45, 2.75) is 25.7 Å². The number of carbonyl (C=O) groups is 1. The van der Waals surface area contributed by atoms with Crippen LogP contribution in [0.15, 0.2) is 24.3 Å². The van der Waals surface area contributed by atoms with Gasteiger partial charge in [-0.1, -0.05) is 12.1 Å². The Hall–Kier alpha value is -1.88. The topological polar surface area (TPSA) is 69.8 Å². The molecule has 2 aromatic rings. The first-order valence-corrected chi connectivity index (χ1v) is 7.72. The minimum atomic E-state index is 0.174. The summed E-state index contributed by atoms with van der Waals surface area (Å²) in [5, 5.41) is 6.29. The molecule has 2 heterocycles. The lowest BCUT2D eigenvalue weighted by Gasteiger charge is -2.08. The van der Waals surface area contributed by atoms with Crippen LogP contribution in [0, 0.1) is 5.92 Å². The molecule has 0 bridgehead atoms. The van der Waals surface area contributed by atoms with E-state index in [1.165, 1.54) is 0 Å². The van der Waals surface area contributed by atoms with Gasteiger partial charge in [0.2, 0.25) is 5.91 Å². The van der Waals surface area contributed by atoms with E-state index in [4.69, 9.17) is 0 Å². The highest BCUT2D eigenvalue weighted by Crippen LogP contribution is 2.12. The van der Waals surface area contributed by atoms with Crippen LogP contribution in [-0.4, -0.2) is 35.5 Å². The van der Waals surface area contributed by atoms with Gasteiger partial charge in [-0.05, 0) is 44.0 Å². The largest absolute Gasteiger partial charge is 0.356 e. The Morgan fingerprint density at radius 2 is 2.29 bits per heavy atom. The zero-order valence-electron chi connectivity index (χ0n) is 12.2. The maximum atomic E-state index is 11.8. The van der Waals surface area contributed by atoms with Gasteiger partial charge in [-0.3, -0.25) is 4.79 Å². The zero-order chi connectivity index (χ0) is 14.5. The van der Waals surface area contributed by atoms with E-state index >= 15 is 0 Å². The number of aromatic nitrogens is 2. The summed E-state index contributed by atoms with van der Waals surface area (Å²) in [6, 6.07) is 8.03. The standard InChI is InChI=1S/C16H22N4O/c21-16(10-12-7-9-17-11-12)18-8-3-6-15-19-13-4-1-2-5-14(13)20-15/h1-2,4-5,12,17H,3,6-11H2,(H,18,21)(H,19,20).